The van der Waals surface area contributed by atoms with Gasteiger partial charge in [-0.2, -0.15) is 0 Å². The molecular weight excluding hydrogens is 344 g/mol. The largest absolute Gasteiger partial charge is 0.299 e. The summed E-state index contributed by atoms with van der Waals surface area (Å²) in [6.45, 7) is 3.30. The number of anilines is 1. The molecule has 26 heavy (non-hydrogen) atoms. The molecule has 2 heterocycles. The van der Waals surface area contributed by atoms with Crippen molar-refractivity contribution in [3.8, 4) is 10.6 Å². The number of amides is 1. The van der Waals surface area contributed by atoms with Crippen LogP contribution in [-0.2, 0) is 6.54 Å². The van der Waals surface area contributed by atoms with Gasteiger partial charge < -0.3 is 0 Å². The van der Waals surface area contributed by atoms with Gasteiger partial charge in [-0.05, 0) is 43.6 Å². The number of likely N-dealkylation sites (tertiary alicyclic amines) is 1. The number of aromatic nitrogens is 2. The maximum absolute atomic E-state index is 12.4. The van der Waals surface area contributed by atoms with Crippen molar-refractivity contribution in [3.63, 3.8) is 0 Å². The third kappa shape index (κ3) is 3.98. The fourth-order valence-electron chi connectivity index (χ4n) is 3.10. The first-order valence-corrected chi connectivity index (χ1v) is 9.61. The van der Waals surface area contributed by atoms with Crippen LogP contribution in [0.4, 0.5) is 5.13 Å². The van der Waals surface area contributed by atoms with E-state index in [-0.39, 0.29) is 5.91 Å². The van der Waals surface area contributed by atoms with Crippen LogP contribution in [0.1, 0.15) is 28.8 Å². The van der Waals surface area contributed by atoms with Crippen LogP contribution >= 0.6 is 11.3 Å². The van der Waals surface area contributed by atoms with Gasteiger partial charge in [0, 0.05) is 17.7 Å². The highest BCUT2D eigenvalue weighted by Gasteiger charge is 2.13. The number of rotatable bonds is 5. The molecule has 0 radical (unpaired) electrons. The second-order valence-corrected chi connectivity index (χ2v) is 7.39. The molecule has 3 aromatic rings. The summed E-state index contributed by atoms with van der Waals surface area (Å²) in [4.78, 5) is 14.9. The molecule has 0 atom stereocenters. The molecule has 2 aromatic carbocycles. The van der Waals surface area contributed by atoms with Gasteiger partial charge in [0.15, 0.2) is 0 Å². The molecule has 132 valence electrons. The molecule has 1 aliphatic rings. The van der Waals surface area contributed by atoms with Gasteiger partial charge in [-0.15, -0.1) is 10.2 Å². The first kappa shape index (κ1) is 16.9. The molecule has 1 fully saturated rings. The summed E-state index contributed by atoms with van der Waals surface area (Å²) in [5.41, 5.74) is 2.87. The Labute approximate surface area is 156 Å². The Bertz CT molecular complexity index is 870. The Balaban J connectivity index is 1.39. The molecule has 0 unspecified atom stereocenters. The Morgan fingerprint density at radius 2 is 1.73 bits per heavy atom. The summed E-state index contributed by atoms with van der Waals surface area (Å²) in [7, 11) is 0. The number of carbonyl (C=O) groups excluding carboxylic acids is 1. The van der Waals surface area contributed by atoms with Gasteiger partial charge in [-0.1, -0.05) is 53.8 Å². The van der Waals surface area contributed by atoms with Crippen molar-refractivity contribution in [3.05, 3.63) is 65.7 Å². The summed E-state index contributed by atoms with van der Waals surface area (Å²) in [5, 5.41) is 12.4. The van der Waals surface area contributed by atoms with E-state index in [9.17, 15) is 4.79 Å². The number of nitrogens with zero attached hydrogens (tertiary/aromatic N) is 3. The van der Waals surface area contributed by atoms with Gasteiger partial charge in [0.1, 0.15) is 5.01 Å². The van der Waals surface area contributed by atoms with Gasteiger partial charge >= 0.3 is 0 Å². The zero-order chi connectivity index (χ0) is 17.8. The minimum atomic E-state index is -0.159. The van der Waals surface area contributed by atoms with Crippen molar-refractivity contribution in [1.82, 2.24) is 15.1 Å². The van der Waals surface area contributed by atoms with Crippen LogP contribution in [-0.4, -0.2) is 34.1 Å². The monoisotopic (exact) mass is 364 g/mol. The van der Waals surface area contributed by atoms with Crippen molar-refractivity contribution < 1.29 is 4.79 Å². The molecule has 0 bridgehead atoms. The first-order chi connectivity index (χ1) is 12.8. The molecule has 0 saturated carbocycles. The molecule has 1 amide bonds. The molecule has 4 rings (SSSR count). The molecule has 6 heteroatoms. The van der Waals surface area contributed by atoms with Gasteiger partial charge in [0.25, 0.3) is 5.91 Å². The van der Waals surface area contributed by atoms with Gasteiger partial charge in [-0.25, -0.2) is 0 Å². The van der Waals surface area contributed by atoms with E-state index in [1.807, 2.05) is 54.6 Å². The summed E-state index contributed by atoms with van der Waals surface area (Å²) < 4.78 is 0. The van der Waals surface area contributed by atoms with E-state index in [0.717, 1.165) is 17.1 Å². The van der Waals surface area contributed by atoms with Crippen LogP contribution in [0.3, 0.4) is 0 Å². The van der Waals surface area contributed by atoms with Gasteiger partial charge in [0.05, 0.1) is 0 Å². The zero-order valence-electron chi connectivity index (χ0n) is 14.4. The highest BCUT2D eigenvalue weighted by Crippen LogP contribution is 2.26. The Kier molecular flexibility index (Phi) is 5.04. The van der Waals surface area contributed by atoms with Crippen molar-refractivity contribution in [2.24, 2.45) is 0 Å². The normalized spacial score (nSPS) is 14.5. The smallest absolute Gasteiger partial charge is 0.257 e. The van der Waals surface area contributed by atoms with Crippen LogP contribution in [0.2, 0.25) is 0 Å². The number of hydrogen-bond donors (Lipinski definition) is 1. The molecule has 1 N–H and O–H groups in total. The van der Waals surface area contributed by atoms with Crippen molar-refractivity contribution in [2.75, 3.05) is 18.4 Å². The maximum Gasteiger partial charge on any atom is 0.257 e. The van der Waals surface area contributed by atoms with E-state index in [2.05, 4.69) is 20.4 Å². The van der Waals surface area contributed by atoms with Gasteiger partial charge in [0.2, 0.25) is 5.13 Å². The van der Waals surface area contributed by atoms with Crippen LogP contribution in [0.25, 0.3) is 10.6 Å². The molecule has 0 aliphatic carbocycles. The standard InChI is InChI=1S/C20H20N4OS/c25-18(16-10-8-15(9-11-16)14-24-12-4-5-13-24)21-20-23-22-19(26-20)17-6-2-1-3-7-17/h1-3,6-11H,4-5,12-14H2,(H,21,23,25). The van der Waals surface area contributed by atoms with E-state index in [1.165, 1.54) is 42.8 Å². The lowest BCUT2D eigenvalue weighted by Crippen LogP contribution is -2.18. The Morgan fingerprint density at radius 1 is 1.00 bits per heavy atom. The number of benzene rings is 2. The van der Waals surface area contributed by atoms with E-state index in [4.69, 9.17) is 0 Å². The second kappa shape index (κ2) is 7.76. The molecule has 1 aromatic heterocycles. The molecular formula is C20H20N4OS. The second-order valence-electron chi connectivity index (χ2n) is 6.41. The third-order valence-electron chi connectivity index (χ3n) is 4.49. The fraction of sp³-hybridized carbons (Fsp3) is 0.250. The molecule has 0 spiro atoms. The third-order valence-corrected chi connectivity index (χ3v) is 5.37. The minimum Gasteiger partial charge on any atom is -0.299 e. The van der Waals surface area contributed by atoms with Crippen molar-refractivity contribution in [1.29, 1.82) is 0 Å². The van der Waals surface area contributed by atoms with E-state index in [1.54, 1.807) is 0 Å². The lowest BCUT2D eigenvalue weighted by atomic mass is 10.1. The quantitative estimate of drug-likeness (QED) is 0.742. The van der Waals surface area contributed by atoms with Crippen LogP contribution in [0.5, 0.6) is 0 Å². The maximum atomic E-state index is 12.4. The summed E-state index contributed by atoms with van der Waals surface area (Å²) >= 11 is 1.37. The van der Waals surface area contributed by atoms with Crippen molar-refractivity contribution in [2.45, 2.75) is 19.4 Å². The molecule has 1 saturated heterocycles. The highest BCUT2D eigenvalue weighted by atomic mass is 32.1. The Morgan fingerprint density at radius 3 is 2.46 bits per heavy atom. The van der Waals surface area contributed by atoms with Crippen LogP contribution in [0.15, 0.2) is 54.6 Å². The van der Waals surface area contributed by atoms with E-state index < -0.39 is 0 Å². The Hall–Kier alpha value is -2.57. The van der Waals surface area contributed by atoms with Crippen molar-refractivity contribution >= 4 is 22.4 Å². The van der Waals surface area contributed by atoms with E-state index in [0.29, 0.717) is 10.7 Å². The summed E-state index contributed by atoms with van der Waals surface area (Å²) in [6, 6.07) is 17.6. The minimum absolute atomic E-state index is 0.159. The SMILES string of the molecule is O=C(Nc1nnc(-c2ccccc2)s1)c1ccc(CN2CCCC2)cc1. The number of carbonyl (C=O) groups is 1. The zero-order valence-corrected chi connectivity index (χ0v) is 15.2. The molecule has 1 aliphatic heterocycles. The van der Waals surface area contributed by atoms with Gasteiger partial charge in [-0.3, -0.25) is 15.0 Å². The average molecular weight is 364 g/mol. The fourth-order valence-corrected chi connectivity index (χ4v) is 3.84. The lowest BCUT2D eigenvalue weighted by molar-refractivity contribution is 0.102. The molecule has 5 nitrogen and oxygen atoms in total. The average Bonchev–Trinajstić information content (AvgIpc) is 3.35. The topological polar surface area (TPSA) is 58.1 Å². The predicted octanol–water partition coefficient (Wildman–Crippen LogP) is 4.05. The summed E-state index contributed by atoms with van der Waals surface area (Å²) in [5.74, 6) is -0.159. The van der Waals surface area contributed by atoms with Crippen LogP contribution in [0, 0.1) is 0 Å². The summed E-state index contributed by atoms with van der Waals surface area (Å²) in [6.07, 6.45) is 2.57. The number of hydrogen-bond acceptors (Lipinski definition) is 5. The highest BCUT2D eigenvalue weighted by molar-refractivity contribution is 7.18. The first-order valence-electron chi connectivity index (χ1n) is 8.79. The predicted molar refractivity (Wildman–Crippen MR) is 104 cm³/mol. The van der Waals surface area contributed by atoms with E-state index >= 15 is 0 Å². The lowest BCUT2D eigenvalue weighted by Gasteiger charge is -2.14. The van der Waals surface area contributed by atoms with Crippen LogP contribution < -0.4 is 5.32 Å². The number of nitrogens with one attached hydrogen (secondary N) is 1.